The summed E-state index contributed by atoms with van der Waals surface area (Å²) >= 11 is 0. The number of methoxy groups -OCH3 is 2. The van der Waals surface area contributed by atoms with Gasteiger partial charge in [0.15, 0.2) is 0 Å². The van der Waals surface area contributed by atoms with E-state index >= 15 is 0 Å². The Balaban J connectivity index is 2.84. The van der Waals surface area contributed by atoms with E-state index in [0.717, 1.165) is 0 Å². The number of benzene rings is 1. The molecule has 174 valence electrons. The van der Waals surface area contributed by atoms with E-state index in [2.05, 4.69) is 4.98 Å². The highest BCUT2D eigenvalue weighted by atomic mass is 31.2. The molecule has 1 heterocycles. The fraction of sp³-hybridized carbons (Fsp3) is 0.400. The van der Waals surface area contributed by atoms with Crippen molar-refractivity contribution in [3.05, 3.63) is 51.3 Å². The molecule has 0 atom stereocenters. The van der Waals surface area contributed by atoms with Gasteiger partial charge in [0.2, 0.25) is 5.30 Å². The van der Waals surface area contributed by atoms with Crippen LogP contribution >= 0.6 is 7.94 Å². The number of non-ortho nitro benzene ring substituents is 1. The fourth-order valence-corrected chi connectivity index (χ4v) is 5.12. The highest BCUT2D eigenvalue weighted by molar-refractivity contribution is 7.69. The summed E-state index contributed by atoms with van der Waals surface area (Å²) in [6.07, 6.45) is 0. The van der Waals surface area contributed by atoms with Gasteiger partial charge in [-0.1, -0.05) is 12.1 Å². The molecule has 0 aliphatic rings. The largest absolute Gasteiger partial charge is 0.478 e. The van der Waals surface area contributed by atoms with Crippen LogP contribution in [-0.4, -0.2) is 66.5 Å². The molecule has 0 spiro atoms. The normalized spacial score (nSPS) is 11.5. The number of hydrogen-bond donors (Lipinski definition) is 2. The number of carbonyl (C=O) groups is 1. The second-order valence-corrected chi connectivity index (χ2v) is 8.67. The van der Waals surface area contributed by atoms with Gasteiger partial charge in [0, 0.05) is 26.4 Å². The van der Waals surface area contributed by atoms with Crippen LogP contribution in [0.4, 0.5) is 5.69 Å². The number of carboxylic acid groups (broad SMARTS) is 1. The SMILES string of the molecule is COCCO[P+](O)(OCCOC)c1c(C)nc(C)c(C(=O)O)c1-c1cccc([N+](=O)[O-])c1. The number of ether oxygens (including phenoxy) is 2. The summed E-state index contributed by atoms with van der Waals surface area (Å²) in [6, 6.07) is 5.48. The minimum Gasteiger partial charge on any atom is -0.478 e. The zero-order valence-electron chi connectivity index (χ0n) is 18.2. The number of aryl methyl sites for hydroxylation is 2. The van der Waals surface area contributed by atoms with E-state index in [-0.39, 0.29) is 65.5 Å². The molecular formula is C20H26N2O9P+. The number of hydrogen-bond acceptors (Lipinski definition) is 9. The molecule has 0 amide bonds. The second kappa shape index (κ2) is 11.4. The van der Waals surface area contributed by atoms with E-state index < -0.39 is 18.8 Å². The summed E-state index contributed by atoms with van der Waals surface area (Å²) in [5, 5.41) is 21.3. The molecule has 0 fully saturated rings. The molecular weight excluding hydrogens is 443 g/mol. The lowest BCUT2D eigenvalue weighted by Gasteiger charge is -2.22. The third-order valence-electron chi connectivity index (χ3n) is 4.48. The first-order valence-electron chi connectivity index (χ1n) is 9.55. The Morgan fingerprint density at radius 2 is 1.69 bits per heavy atom. The average Bonchev–Trinajstić information content (AvgIpc) is 2.73. The lowest BCUT2D eigenvalue weighted by molar-refractivity contribution is -0.384. The first kappa shape index (κ1) is 25.7. The lowest BCUT2D eigenvalue weighted by Crippen LogP contribution is -2.27. The van der Waals surface area contributed by atoms with Crippen LogP contribution in [0, 0.1) is 24.0 Å². The predicted octanol–water partition coefficient (Wildman–Crippen LogP) is 2.68. The quantitative estimate of drug-likeness (QED) is 0.205. The molecule has 11 nitrogen and oxygen atoms in total. The van der Waals surface area contributed by atoms with E-state index in [1.807, 2.05) is 0 Å². The van der Waals surface area contributed by atoms with Gasteiger partial charge in [-0.2, -0.15) is 13.9 Å². The Morgan fingerprint density at radius 1 is 1.09 bits per heavy atom. The lowest BCUT2D eigenvalue weighted by atomic mass is 9.97. The van der Waals surface area contributed by atoms with Gasteiger partial charge in [-0.25, -0.2) is 4.79 Å². The van der Waals surface area contributed by atoms with Crippen LogP contribution in [0.25, 0.3) is 11.1 Å². The number of carboxylic acids is 1. The van der Waals surface area contributed by atoms with Crippen LogP contribution in [-0.2, 0) is 18.5 Å². The van der Waals surface area contributed by atoms with Gasteiger partial charge in [-0.05, 0) is 19.4 Å². The van der Waals surface area contributed by atoms with Crippen LogP contribution in [0.1, 0.15) is 21.7 Å². The minimum absolute atomic E-state index is 0.0354. The molecule has 2 aromatic rings. The first-order valence-corrected chi connectivity index (χ1v) is 11.1. The number of nitrogens with zero attached hydrogens (tertiary/aromatic N) is 2. The van der Waals surface area contributed by atoms with Gasteiger partial charge in [0.05, 0.1) is 40.7 Å². The highest BCUT2D eigenvalue weighted by Gasteiger charge is 2.50. The molecule has 0 aliphatic heterocycles. The Labute approximate surface area is 185 Å². The Morgan fingerprint density at radius 3 is 2.19 bits per heavy atom. The Bertz CT molecular complexity index is 974. The van der Waals surface area contributed by atoms with Crippen molar-refractivity contribution < 1.29 is 38.2 Å². The van der Waals surface area contributed by atoms with Crippen LogP contribution in [0.15, 0.2) is 24.3 Å². The van der Waals surface area contributed by atoms with Gasteiger partial charge in [0.1, 0.15) is 13.2 Å². The van der Waals surface area contributed by atoms with E-state index in [4.69, 9.17) is 18.5 Å². The summed E-state index contributed by atoms with van der Waals surface area (Å²) in [4.78, 5) is 38.7. The average molecular weight is 469 g/mol. The Hall–Kier alpha value is -2.53. The van der Waals surface area contributed by atoms with Gasteiger partial charge in [-0.15, -0.1) is 0 Å². The standard InChI is InChI=1S/C20H25N2O9P/c1-13-17(20(23)24)18(15-6-5-7-16(12-15)22(25)26)19(14(2)21-13)32(27,30-10-8-28-3)31-11-9-29-4/h5-7,12,27H,8-11H2,1-4H3/p+1. The minimum atomic E-state index is -3.90. The number of rotatable bonds is 12. The molecule has 0 aliphatic carbocycles. The van der Waals surface area contributed by atoms with Gasteiger partial charge in [-0.3, -0.25) is 15.1 Å². The summed E-state index contributed by atoms with van der Waals surface area (Å²) < 4.78 is 21.4. The predicted molar refractivity (Wildman–Crippen MR) is 117 cm³/mol. The van der Waals surface area contributed by atoms with E-state index in [0.29, 0.717) is 0 Å². The van der Waals surface area contributed by atoms with Gasteiger partial charge < -0.3 is 14.6 Å². The number of pyridine rings is 1. The molecule has 0 unspecified atom stereocenters. The van der Waals surface area contributed by atoms with Crippen LogP contribution in [0.5, 0.6) is 0 Å². The summed E-state index contributed by atoms with van der Waals surface area (Å²) in [5.74, 6) is -1.31. The van der Waals surface area contributed by atoms with Crippen molar-refractivity contribution in [3.8, 4) is 11.1 Å². The second-order valence-electron chi connectivity index (χ2n) is 6.67. The molecule has 12 heteroatoms. The van der Waals surface area contributed by atoms with Crippen LogP contribution in [0.2, 0.25) is 0 Å². The van der Waals surface area contributed by atoms with Crippen molar-refractivity contribution in [3.63, 3.8) is 0 Å². The van der Waals surface area contributed by atoms with E-state index in [1.54, 1.807) is 6.92 Å². The highest BCUT2D eigenvalue weighted by Crippen LogP contribution is 2.58. The summed E-state index contributed by atoms with van der Waals surface area (Å²) in [6.45, 7) is 3.30. The Kier molecular flexibility index (Phi) is 9.14. The number of aromatic nitrogens is 1. The van der Waals surface area contributed by atoms with Crippen LogP contribution in [0.3, 0.4) is 0 Å². The number of nitro benzene ring substituents is 1. The van der Waals surface area contributed by atoms with E-state index in [1.165, 1.54) is 45.4 Å². The molecule has 1 aromatic carbocycles. The molecule has 0 radical (unpaired) electrons. The van der Waals surface area contributed by atoms with Crippen molar-refractivity contribution in [1.29, 1.82) is 0 Å². The first-order chi connectivity index (χ1) is 15.2. The van der Waals surface area contributed by atoms with Crippen molar-refractivity contribution >= 4 is 24.9 Å². The summed E-state index contributed by atoms with van der Waals surface area (Å²) in [5.41, 5.74) is 0.274. The third-order valence-corrected chi connectivity index (χ3v) is 6.65. The zero-order valence-corrected chi connectivity index (χ0v) is 19.1. The molecule has 1 aromatic heterocycles. The molecule has 2 N–H and O–H groups in total. The number of aromatic carboxylic acids is 1. The van der Waals surface area contributed by atoms with Crippen molar-refractivity contribution in [2.24, 2.45) is 0 Å². The zero-order chi connectivity index (χ0) is 23.9. The maximum absolute atomic E-state index is 12.2. The maximum Gasteiger partial charge on any atom is 0.448 e. The van der Waals surface area contributed by atoms with Gasteiger partial charge in [0.25, 0.3) is 5.69 Å². The molecule has 0 saturated carbocycles. The monoisotopic (exact) mass is 469 g/mol. The smallest absolute Gasteiger partial charge is 0.448 e. The number of nitro groups is 1. The van der Waals surface area contributed by atoms with Gasteiger partial charge >= 0.3 is 13.9 Å². The fourth-order valence-electron chi connectivity index (χ4n) is 3.16. The molecule has 0 bridgehead atoms. The van der Waals surface area contributed by atoms with Crippen molar-refractivity contribution in [1.82, 2.24) is 4.98 Å². The maximum atomic E-state index is 12.2. The molecule has 0 saturated heterocycles. The third kappa shape index (κ3) is 5.83. The molecule has 32 heavy (non-hydrogen) atoms. The topological polar surface area (TPSA) is 150 Å². The van der Waals surface area contributed by atoms with Crippen molar-refractivity contribution in [2.75, 3.05) is 40.6 Å². The summed E-state index contributed by atoms with van der Waals surface area (Å²) in [7, 11) is -0.981. The van der Waals surface area contributed by atoms with Crippen molar-refractivity contribution in [2.45, 2.75) is 13.8 Å². The molecule has 2 rings (SSSR count). The van der Waals surface area contributed by atoms with Crippen LogP contribution < -0.4 is 5.30 Å². The van der Waals surface area contributed by atoms with E-state index in [9.17, 15) is 24.9 Å².